The number of nitrogens with one attached hydrogen (secondary N) is 1. The third kappa shape index (κ3) is 14.0. The smallest absolute Gasteiger partial charge is 0.374 e. The Morgan fingerprint density at radius 2 is 1.22 bits per heavy atom. The highest BCUT2D eigenvalue weighted by Crippen LogP contribution is 2.52. The number of benzene rings is 3. The fraction of sp³-hybridized carbons (Fsp3) is 0.486. The summed E-state index contributed by atoms with van der Waals surface area (Å²) in [6.07, 6.45) is -1.42. The van der Waals surface area contributed by atoms with Crippen LogP contribution < -0.4 is 5.32 Å². The van der Waals surface area contributed by atoms with Crippen molar-refractivity contribution in [3.05, 3.63) is 108 Å². The SMILES string of the molecule is CCCCOP(=O)(OCCCC)OC1O[C@H](COCc2ccccc2)[C@H](OCc2ccccc2)[C@H](OCc2ccccc2)[C@H]1NC(=O)C(Cl)(Cl)Cl. The average Bonchev–Trinajstić information content (AvgIpc) is 3.12. The molecule has 0 bridgehead atoms. The molecule has 280 valence electrons. The third-order valence-corrected chi connectivity index (χ3v) is 9.87. The van der Waals surface area contributed by atoms with Crippen molar-refractivity contribution < 1.29 is 41.9 Å². The lowest BCUT2D eigenvalue weighted by atomic mass is 9.96. The number of hydrogen-bond acceptors (Lipinski definition) is 9. The van der Waals surface area contributed by atoms with E-state index in [1.165, 1.54) is 0 Å². The number of unbranched alkanes of at least 4 members (excludes halogenated alkanes) is 2. The van der Waals surface area contributed by atoms with Crippen LogP contribution in [0.15, 0.2) is 91.0 Å². The van der Waals surface area contributed by atoms with Gasteiger partial charge in [-0.05, 0) is 29.5 Å². The topological polar surface area (TPSA) is 111 Å². The van der Waals surface area contributed by atoms with Gasteiger partial charge in [0.1, 0.15) is 24.4 Å². The van der Waals surface area contributed by atoms with E-state index in [1.807, 2.05) is 105 Å². The van der Waals surface area contributed by atoms with Gasteiger partial charge in [-0.2, -0.15) is 0 Å². The fourth-order valence-electron chi connectivity index (χ4n) is 5.18. The molecular weight excluding hydrogens is 740 g/mol. The maximum atomic E-state index is 14.2. The van der Waals surface area contributed by atoms with Crippen molar-refractivity contribution in [1.82, 2.24) is 5.32 Å². The number of phosphoric acid groups is 1. The number of amides is 1. The van der Waals surface area contributed by atoms with Crippen LogP contribution in [0.4, 0.5) is 0 Å². The molecule has 1 amide bonds. The standard InChI is InChI=1S/C37H47Cl3NO9P/c1-3-5-22-47-51(43,48-23-6-4-2)50-35-32(41-36(42)37(38,39)40)34(46-26-30-20-14-9-15-21-30)33(45-25-29-18-12-8-13-19-29)31(49-35)27-44-24-28-16-10-7-11-17-28/h7-21,31-35H,3-6,22-27H2,1-2H3,(H,41,42)/t31-,32-,33+,34-,35?/m1/s1. The number of carbonyl (C=O) groups excluding carboxylic acids is 1. The van der Waals surface area contributed by atoms with Crippen LogP contribution in [0.1, 0.15) is 56.2 Å². The zero-order valence-corrected chi connectivity index (χ0v) is 32.0. The number of ether oxygens (including phenoxy) is 4. The summed E-state index contributed by atoms with van der Waals surface area (Å²) >= 11 is 18.1. The van der Waals surface area contributed by atoms with Crippen LogP contribution in [-0.4, -0.2) is 60.2 Å². The highest BCUT2D eigenvalue weighted by atomic mass is 35.6. The monoisotopic (exact) mass is 785 g/mol. The molecule has 5 atom stereocenters. The predicted octanol–water partition coefficient (Wildman–Crippen LogP) is 8.71. The summed E-state index contributed by atoms with van der Waals surface area (Å²) < 4.78 is 55.3. The van der Waals surface area contributed by atoms with Gasteiger partial charge in [0.2, 0.25) is 0 Å². The predicted molar refractivity (Wildman–Crippen MR) is 197 cm³/mol. The highest BCUT2D eigenvalue weighted by Gasteiger charge is 2.52. The lowest BCUT2D eigenvalue weighted by Crippen LogP contribution is -2.66. The second kappa shape index (κ2) is 21.6. The molecular formula is C37H47Cl3NO9P. The maximum absolute atomic E-state index is 14.2. The molecule has 1 heterocycles. The van der Waals surface area contributed by atoms with Gasteiger partial charge in [0, 0.05) is 0 Å². The summed E-state index contributed by atoms with van der Waals surface area (Å²) in [5.41, 5.74) is 2.69. The van der Waals surface area contributed by atoms with Gasteiger partial charge in [-0.1, -0.05) is 152 Å². The normalized spacial score (nSPS) is 21.0. The third-order valence-electron chi connectivity index (χ3n) is 7.89. The van der Waals surface area contributed by atoms with Gasteiger partial charge in [0.05, 0.1) is 39.6 Å². The van der Waals surface area contributed by atoms with Crippen molar-refractivity contribution in [3.8, 4) is 0 Å². The molecule has 0 aromatic heterocycles. The van der Waals surface area contributed by atoms with E-state index in [1.54, 1.807) is 0 Å². The Morgan fingerprint density at radius 1 is 0.745 bits per heavy atom. The van der Waals surface area contributed by atoms with E-state index in [0.29, 0.717) is 12.8 Å². The number of hydrogen-bond donors (Lipinski definition) is 1. The van der Waals surface area contributed by atoms with Crippen LogP contribution >= 0.6 is 42.6 Å². The lowest BCUT2D eigenvalue weighted by molar-refractivity contribution is -0.273. The summed E-state index contributed by atoms with van der Waals surface area (Å²) in [6, 6.07) is 27.5. The lowest BCUT2D eigenvalue weighted by Gasteiger charge is -2.46. The molecule has 1 fully saturated rings. The van der Waals surface area contributed by atoms with E-state index < -0.39 is 48.2 Å². The van der Waals surface area contributed by atoms with Crippen molar-refractivity contribution >= 4 is 48.5 Å². The first-order valence-electron chi connectivity index (χ1n) is 17.1. The molecule has 51 heavy (non-hydrogen) atoms. The van der Waals surface area contributed by atoms with Crippen LogP contribution in [0.3, 0.4) is 0 Å². The average molecular weight is 787 g/mol. The van der Waals surface area contributed by atoms with E-state index in [0.717, 1.165) is 29.5 Å². The molecule has 0 saturated carbocycles. The first-order valence-corrected chi connectivity index (χ1v) is 19.7. The minimum Gasteiger partial charge on any atom is -0.374 e. The van der Waals surface area contributed by atoms with Gasteiger partial charge in [0.15, 0.2) is 6.29 Å². The van der Waals surface area contributed by atoms with Gasteiger partial charge < -0.3 is 24.3 Å². The Hall–Kier alpha value is -2.05. The van der Waals surface area contributed by atoms with Crippen LogP contribution in [0, 0.1) is 0 Å². The summed E-state index contributed by atoms with van der Waals surface area (Å²) in [6.45, 7) is 4.75. The number of alkyl halides is 3. The largest absolute Gasteiger partial charge is 0.477 e. The zero-order chi connectivity index (χ0) is 36.5. The van der Waals surface area contributed by atoms with E-state index in [-0.39, 0.29) is 39.6 Å². The Morgan fingerprint density at radius 3 is 1.69 bits per heavy atom. The number of halogens is 3. The number of rotatable bonds is 21. The summed E-state index contributed by atoms with van der Waals surface area (Å²) in [7, 11) is -4.27. The molecule has 1 unspecified atom stereocenters. The first kappa shape index (κ1) is 41.7. The highest BCUT2D eigenvalue weighted by molar-refractivity contribution is 7.48. The molecule has 1 N–H and O–H groups in total. The molecule has 14 heteroatoms. The summed E-state index contributed by atoms with van der Waals surface area (Å²) in [5, 5.41) is 2.72. The Bertz CT molecular complexity index is 1460. The quantitative estimate of drug-likeness (QED) is 0.0644. The maximum Gasteiger partial charge on any atom is 0.477 e. The van der Waals surface area contributed by atoms with E-state index in [4.69, 9.17) is 67.3 Å². The first-order chi connectivity index (χ1) is 24.6. The van der Waals surface area contributed by atoms with Crippen LogP contribution in [0.5, 0.6) is 0 Å². The van der Waals surface area contributed by atoms with Crippen molar-refractivity contribution in [3.63, 3.8) is 0 Å². The number of phosphoric ester groups is 1. The molecule has 1 aliphatic rings. The molecule has 1 aliphatic heterocycles. The summed E-state index contributed by atoms with van der Waals surface area (Å²) in [4.78, 5) is 13.3. The van der Waals surface area contributed by atoms with Crippen LogP contribution in [-0.2, 0) is 61.7 Å². The second-order valence-corrected chi connectivity index (χ2v) is 15.9. The van der Waals surface area contributed by atoms with Gasteiger partial charge in [-0.15, -0.1) is 0 Å². The molecule has 0 spiro atoms. The molecule has 1 saturated heterocycles. The van der Waals surface area contributed by atoms with Crippen LogP contribution in [0.25, 0.3) is 0 Å². The molecule has 3 aromatic rings. The van der Waals surface area contributed by atoms with E-state index >= 15 is 0 Å². The molecule has 10 nitrogen and oxygen atoms in total. The molecule has 0 radical (unpaired) electrons. The van der Waals surface area contributed by atoms with Crippen molar-refractivity contribution in [2.45, 2.75) is 93.8 Å². The van der Waals surface area contributed by atoms with Crippen molar-refractivity contribution in [2.75, 3.05) is 19.8 Å². The van der Waals surface area contributed by atoms with Gasteiger partial charge in [-0.3, -0.25) is 18.4 Å². The van der Waals surface area contributed by atoms with E-state index in [9.17, 15) is 9.36 Å². The minimum atomic E-state index is -4.27. The fourth-order valence-corrected chi connectivity index (χ4v) is 6.68. The van der Waals surface area contributed by atoms with Gasteiger partial charge >= 0.3 is 7.82 Å². The van der Waals surface area contributed by atoms with Crippen LogP contribution in [0.2, 0.25) is 0 Å². The van der Waals surface area contributed by atoms with Crippen molar-refractivity contribution in [1.29, 1.82) is 0 Å². The number of carbonyl (C=O) groups is 1. The van der Waals surface area contributed by atoms with Crippen molar-refractivity contribution in [2.24, 2.45) is 0 Å². The van der Waals surface area contributed by atoms with Gasteiger partial charge in [0.25, 0.3) is 9.70 Å². The Kier molecular flexibility index (Phi) is 17.7. The molecule has 3 aromatic carbocycles. The Labute approximate surface area is 315 Å². The molecule has 0 aliphatic carbocycles. The minimum absolute atomic E-state index is 0.0161. The second-order valence-electron chi connectivity index (χ2n) is 12.0. The summed E-state index contributed by atoms with van der Waals surface area (Å²) in [5.74, 6) is -0.975. The molecule has 4 rings (SSSR count). The Balaban J connectivity index is 1.73. The van der Waals surface area contributed by atoms with Gasteiger partial charge in [-0.25, -0.2) is 4.57 Å². The van der Waals surface area contributed by atoms with E-state index in [2.05, 4.69) is 5.32 Å². The zero-order valence-electron chi connectivity index (χ0n) is 28.9.